The molecular weight excluding hydrogens is 343 g/mol. The Labute approximate surface area is 160 Å². The number of ether oxygens (including phenoxy) is 1. The molecule has 4 nitrogen and oxygen atoms in total. The van der Waals surface area contributed by atoms with Crippen molar-refractivity contribution in [2.45, 2.75) is 31.7 Å². The molecule has 27 heavy (non-hydrogen) atoms. The largest absolute Gasteiger partial charge is 0.497 e. The van der Waals surface area contributed by atoms with Gasteiger partial charge in [0, 0.05) is 13.0 Å². The van der Waals surface area contributed by atoms with Crippen molar-refractivity contribution in [2.24, 2.45) is 0 Å². The number of halogens is 1. The standard InChI is InChI=1S/C22H27FN2O2/c1-27-20-6-4-5-18(15-20)21(25-13-2-3-14-25)16-24-22(26)12-9-17-7-10-19(23)11-8-17/h4-8,10-11,15,21H,2-3,9,12-14,16H2,1H3,(H,24,26). The van der Waals surface area contributed by atoms with Gasteiger partial charge in [0.25, 0.3) is 0 Å². The van der Waals surface area contributed by atoms with Crippen LogP contribution in [0.15, 0.2) is 48.5 Å². The lowest BCUT2D eigenvalue weighted by Crippen LogP contribution is -2.36. The number of hydrogen-bond acceptors (Lipinski definition) is 3. The van der Waals surface area contributed by atoms with Crippen LogP contribution < -0.4 is 10.1 Å². The topological polar surface area (TPSA) is 41.6 Å². The van der Waals surface area contributed by atoms with E-state index in [1.807, 2.05) is 18.2 Å². The summed E-state index contributed by atoms with van der Waals surface area (Å²) in [5.41, 5.74) is 2.13. The molecule has 0 spiro atoms. The van der Waals surface area contributed by atoms with Gasteiger partial charge in [-0.25, -0.2) is 4.39 Å². The summed E-state index contributed by atoms with van der Waals surface area (Å²) in [5.74, 6) is 0.598. The van der Waals surface area contributed by atoms with E-state index in [4.69, 9.17) is 4.74 Å². The van der Waals surface area contributed by atoms with E-state index in [9.17, 15) is 9.18 Å². The molecule has 0 aliphatic carbocycles. The first-order valence-corrected chi connectivity index (χ1v) is 9.55. The number of nitrogens with zero attached hydrogens (tertiary/aromatic N) is 1. The van der Waals surface area contributed by atoms with Crippen molar-refractivity contribution in [1.29, 1.82) is 0 Å². The highest BCUT2D eigenvalue weighted by Crippen LogP contribution is 2.27. The van der Waals surface area contributed by atoms with Crippen LogP contribution in [0.25, 0.3) is 0 Å². The first-order chi connectivity index (χ1) is 13.2. The molecule has 144 valence electrons. The van der Waals surface area contributed by atoms with E-state index in [0.29, 0.717) is 19.4 Å². The van der Waals surface area contributed by atoms with Gasteiger partial charge in [-0.1, -0.05) is 24.3 Å². The minimum absolute atomic E-state index is 0.0198. The van der Waals surface area contributed by atoms with E-state index in [0.717, 1.165) is 30.0 Å². The van der Waals surface area contributed by atoms with Crippen molar-refractivity contribution in [3.05, 3.63) is 65.5 Å². The molecule has 1 unspecified atom stereocenters. The van der Waals surface area contributed by atoms with E-state index >= 15 is 0 Å². The van der Waals surface area contributed by atoms with Gasteiger partial charge in [0.2, 0.25) is 5.91 Å². The minimum Gasteiger partial charge on any atom is -0.497 e. The molecule has 1 aliphatic heterocycles. The summed E-state index contributed by atoms with van der Waals surface area (Å²) in [6.45, 7) is 2.68. The second kappa shape index (κ2) is 9.51. The van der Waals surface area contributed by atoms with Crippen LogP contribution in [0.2, 0.25) is 0 Å². The van der Waals surface area contributed by atoms with Crippen LogP contribution in [0.4, 0.5) is 4.39 Å². The molecule has 1 fully saturated rings. The lowest BCUT2D eigenvalue weighted by molar-refractivity contribution is -0.121. The second-order valence-corrected chi connectivity index (χ2v) is 6.97. The van der Waals surface area contributed by atoms with Gasteiger partial charge in [0.1, 0.15) is 11.6 Å². The Kier molecular flexibility index (Phi) is 6.82. The van der Waals surface area contributed by atoms with Crippen molar-refractivity contribution in [3.8, 4) is 5.75 Å². The molecule has 1 amide bonds. The lowest BCUT2D eigenvalue weighted by Gasteiger charge is -2.28. The normalized spacial score (nSPS) is 15.5. The van der Waals surface area contributed by atoms with Gasteiger partial charge in [-0.15, -0.1) is 0 Å². The highest BCUT2D eigenvalue weighted by atomic mass is 19.1. The van der Waals surface area contributed by atoms with Gasteiger partial charge in [-0.3, -0.25) is 9.69 Å². The third-order valence-corrected chi connectivity index (χ3v) is 5.11. The van der Waals surface area contributed by atoms with Crippen LogP contribution in [0.1, 0.15) is 36.4 Å². The van der Waals surface area contributed by atoms with Crippen LogP contribution >= 0.6 is 0 Å². The second-order valence-electron chi connectivity index (χ2n) is 6.97. The zero-order chi connectivity index (χ0) is 19.1. The smallest absolute Gasteiger partial charge is 0.220 e. The molecule has 1 saturated heterocycles. The molecular formula is C22H27FN2O2. The SMILES string of the molecule is COc1cccc(C(CNC(=O)CCc2ccc(F)cc2)N2CCCC2)c1. The molecule has 0 radical (unpaired) electrons. The van der Waals surface area contributed by atoms with Gasteiger partial charge in [0.05, 0.1) is 13.2 Å². The van der Waals surface area contributed by atoms with Crippen LogP contribution in [0.5, 0.6) is 5.75 Å². The number of likely N-dealkylation sites (tertiary alicyclic amines) is 1. The molecule has 2 aromatic rings. The summed E-state index contributed by atoms with van der Waals surface area (Å²) in [6, 6.07) is 14.5. The zero-order valence-corrected chi connectivity index (χ0v) is 15.8. The zero-order valence-electron chi connectivity index (χ0n) is 15.8. The molecule has 1 aliphatic rings. The fourth-order valence-electron chi connectivity index (χ4n) is 3.57. The maximum Gasteiger partial charge on any atom is 0.220 e. The van der Waals surface area contributed by atoms with Gasteiger partial charge in [-0.2, -0.15) is 0 Å². The van der Waals surface area contributed by atoms with Crippen molar-refractivity contribution < 1.29 is 13.9 Å². The van der Waals surface area contributed by atoms with Crippen molar-refractivity contribution >= 4 is 5.91 Å². The maximum atomic E-state index is 13.0. The van der Waals surface area contributed by atoms with E-state index in [2.05, 4.69) is 16.3 Å². The summed E-state index contributed by atoms with van der Waals surface area (Å²) >= 11 is 0. The number of nitrogens with one attached hydrogen (secondary N) is 1. The molecule has 3 rings (SSSR count). The average molecular weight is 370 g/mol. The third kappa shape index (κ3) is 5.54. The van der Waals surface area contributed by atoms with E-state index in [1.54, 1.807) is 19.2 Å². The van der Waals surface area contributed by atoms with E-state index in [1.165, 1.54) is 25.0 Å². The Bertz CT molecular complexity index is 742. The predicted molar refractivity (Wildman–Crippen MR) is 104 cm³/mol. The summed E-state index contributed by atoms with van der Waals surface area (Å²) in [6.07, 6.45) is 3.40. The number of benzene rings is 2. The maximum absolute atomic E-state index is 13.0. The van der Waals surface area contributed by atoms with Crippen LogP contribution in [0.3, 0.4) is 0 Å². The number of aryl methyl sites for hydroxylation is 1. The molecule has 0 bridgehead atoms. The quantitative estimate of drug-likeness (QED) is 0.770. The fraction of sp³-hybridized carbons (Fsp3) is 0.409. The average Bonchev–Trinajstić information content (AvgIpc) is 3.22. The van der Waals surface area contributed by atoms with Gasteiger partial charge in [-0.05, 0) is 67.7 Å². The molecule has 1 atom stereocenters. The fourth-order valence-corrected chi connectivity index (χ4v) is 3.57. The highest BCUT2D eigenvalue weighted by molar-refractivity contribution is 5.76. The summed E-state index contributed by atoms with van der Waals surface area (Å²) in [4.78, 5) is 14.8. The lowest BCUT2D eigenvalue weighted by atomic mass is 10.0. The first kappa shape index (κ1) is 19.4. The summed E-state index contributed by atoms with van der Waals surface area (Å²) in [5, 5.41) is 3.08. The number of rotatable bonds is 8. The van der Waals surface area contributed by atoms with Crippen LogP contribution in [-0.4, -0.2) is 37.6 Å². The Morgan fingerprint density at radius 3 is 2.63 bits per heavy atom. The van der Waals surface area contributed by atoms with Crippen molar-refractivity contribution in [1.82, 2.24) is 10.2 Å². The van der Waals surface area contributed by atoms with E-state index < -0.39 is 0 Å². The van der Waals surface area contributed by atoms with Gasteiger partial charge in [0.15, 0.2) is 0 Å². The summed E-state index contributed by atoms with van der Waals surface area (Å²) < 4.78 is 18.3. The van der Waals surface area contributed by atoms with Crippen molar-refractivity contribution in [3.63, 3.8) is 0 Å². The van der Waals surface area contributed by atoms with Gasteiger partial charge < -0.3 is 10.1 Å². The Balaban J connectivity index is 1.58. The Hall–Kier alpha value is -2.40. The molecule has 2 aromatic carbocycles. The predicted octanol–water partition coefficient (Wildman–Crippen LogP) is 3.72. The molecule has 1 heterocycles. The number of carbonyl (C=O) groups is 1. The minimum atomic E-state index is -0.255. The Morgan fingerprint density at radius 2 is 1.93 bits per heavy atom. The Morgan fingerprint density at radius 1 is 1.19 bits per heavy atom. The number of methoxy groups -OCH3 is 1. The highest BCUT2D eigenvalue weighted by Gasteiger charge is 2.24. The molecule has 0 saturated carbocycles. The number of amides is 1. The van der Waals surface area contributed by atoms with Crippen molar-refractivity contribution in [2.75, 3.05) is 26.7 Å². The number of hydrogen-bond donors (Lipinski definition) is 1. The monoisotopic (exact) mass is 370 g/mol. The first-order valence-electron chi connectivity index (χ1n) is 9.55. The number of carbonyl (C=O) groups excluding carboxylic acids is 1. The molecule has 5 heteroatoms. The molecule has 0 aromatic heterocycles. The third-order valence-electron chi connectivity index (χ3n) is 5.11. The van der Waals surface area contributed by atoms with Gasteiger partial charge >= 0.3 is 0 Å². The molecule has 1 N–H and O–H groups in total. The van der Waals surface area contributed by atoms with Crippen LogP contribution in [-0.2, 0) is 11.2 Å². The van der Waals surface area contributed by atoms with E-state index in [-0.39, 0.29) is 17.8 Å². The van der Waals surface area contributed by atoms with Crippen LogP contribution in [0, 0.1) is 5.82 Å². The summed E-state index contributed by atoms with van der Waals surface area (Å²) in [7, 11) is 1.67.